The predicted octanol–water partition coefficient (Wildman–Crippen LogP) is 6.61. The van der Waals surface area contributed by atoms with Crippen LogP contribution in [0.25, 0.3) is 10.8 Å². The first-order valence-corrected chi connectivity index (χ1v) is 15.5. The molecule has 4 N–H and O–H groups in total. The molecule has 0 heterocycles. The zero-order valence-corrected chi connectivity index (χ0v) is 26.8. The number of fused-ring (bicyclic) bond motifs is 1. The van der Waals surface area contributed by atoms with Crippen molar-refractivity contribution in [1.29, 1.82) is 0 Å². The molecule has 0 spiro atoms. The Morgan fingerprint density at radius 3 is 2.26 bits per heavy atom. The second-order valence-electron chi connectivity index (χ2n) is 13.1. The molecule has 1 saturated carbocycles. The molecular weight excluding hydrogens is 582 g/mol. The molecule has 4 atom stereocenters. The van der Waals surface area contributed by atoms with Gasteiger partial charge < -0.3 is 30.5 Å². The third-order valence-electron chi connectivity index (χ3n) is 8.15. The van der Waals surface area contributed by atoms with Gasteiger partial charge >= 0.3 is 6.09 Å². The van der Waals surface area contributed by atoms with Crippen molar-refractivity contribution in [3.05, 3.63) is 102 Å². The molecule has 9 nitrogen and oxygen atoms in total. The van der Waals surface area contributed by atoms with Crippen LogP contribution in [0, 0.1) is 12.8 Å². The van der Waals surface area contributed by atoms with Crippen molar-refractivity contribution in [3.8, 4) is 11.5 Å². The van der Waals surface area contributed by atoms with Gasteiger partial charge in [0.05, 0.1) is 0 Å². The van der Waals surface area contributed by atoms with Crippen LogP contribution in [0.4, 0.5) is 10.5 Å². The Balaban J connectivity index is 1.56. The van der Waals surface area contributed by atoms with Crippen LogP contribution in [0.2, 0.25) is 0 Å². The van der Waals surface area contributed by atoms with E-state index in [0.29, 0.717) is 23.2 Å². The highest BCUT2D eigenvalue weighted by molar-refractivity contribution is 6.01. The molecule has 240 valence electrons. The number of nitrogens with zero attached hydrogens (tertiary/aromatic N) is 1. The third kappa shape index (κ3) is 7.59. The van der Waals surface area contributed by atoms with Crippen molar-refractivity contribution >= 4 is 34.4 Å². The smallest absolute Gasteiger partial charge is 0.408 e. The molecular formula is C37H41N3O6. The lowest BCUT2D eigenvalue weighted by atomic mass is 9.97. The lowest BCUT2D eigenvalue weighted by Gasteiger charge is -2.35. The van der Waals surface area contributed by atoms with E-state index in [2.05, 4.69) is 10.6 Å². The first-order chi connectivity index (χ1) is 21.8. The standard InChI is InChI=1S/C37H41N3O6/c1-22-9-8-12-29(33(22)42)32(34(43)38-27-16-15-25-10-6-7-11-26(25)21-27)40(31-19-23(31)2)35(44)30(39-36(45)46-37(3,4)5)20-24-13-17-28(41)18-14-24/h6-18,21,23,30-32,41-42H,19-20H2,1-5H3,(H,38,43)(H,39,45). The van der Waals surface area contributed by atoms with Gasteiger partial charge in [-0.1, -0.05) is 67.6 Å². The number of phenols is 2. The number of phenolic OH excluding ortho intramolecular Hbond substituents is 2. The molecule has 0 aliphatic heterocycles. The van der Waals surface area contributed by atoms with E-state index in [-0.39, 0.29) is 35.4 Å². The summed E-state index contributed by atoms with van der Waals surface area (Å²) in [5.41, 5.74) is 1.27. The Morgan fingerprint density at radius 2 is 1.61 bits per heavy atom. The van der Waals surface area contributed by atoms with Crippen molar-refractivity contribution in [3.63, 3.8) is 0 Å². The van der Waals surface area contributed by atoms with E-state index in [1.54, 1.807) is 64.1 Å². The van der Waals surface area contributed by atoms with E-state index < -0.39 is 35.6 Å². The zero-order chi connectivity index (χ0) is 33.2. The molecule has 4 aromatic carbocycles. The van der Waals surface area contributed by atoms with Gasteiger partial charge in [-0.3, -0.25) is 9.59 Å². The van der Waals surface area contributed by atoms with Crippen LogP contribution < -0.4 is 10.6 Å². The minimum Gasteiger partial charge on any atom is -0.508 e. The number of nitrogens with one attached hydrogen (secondary N) is 2. The summed E-state index contributed by atoms with van der Waals surface area (Å²) in [4.78, 5) is 43.7. The first kappa shape index (κ1) is 32.3. The fraction of sp³-hybridized carbons (Fsp3) is 0.324. The monoisotopic (exact) mass is 623 g/mol. The summed E-state index contributed by atoms with van der Waals surface area (Å²) in [6.45, 7) is 8.93. The SMILES string of the molecule is Cc1cccc(C(C(=O)Nc2ccc3ccccc3c2)N(C(=O)C(Cc2ccc(O)cc2)NC(=O)OC(C)(C)C)C2CC2C)c1O. The lowest BCUT2D eigenvalue weighted by Crippen LogP contribution is -2.54. The Bertz CT molecular complexity index is 1750. The summed E-state index contributed by atoms with van der Waals surface area (Å²) in [6.07, 6.45) is -0.0467. The molecule has 0 aromatic heterocycles. The van der Waals surface area contributed by atoms with Crippen LogP contribution in [0.3, 0.4) is 0 Å². The molecule has 0 saturated heterocycles. The molecule has 46 heavy (non-hydrogen) atoms. The molecule has 5 rings (SSSR count). The number of aryl methyl sites for hydroxylation is 1. The minimum atomic E-state index is -1.21. The average Bonchev–Trinajstić information content (AvgIpc) is 3.72. The number of alkyl carbamates (subject to hydrolysis) is 1. The van der Waals surface area contributed by atoms with Crippen LogP contribution in [-0.2, 0) is 20.7 Å². The normalized spacial score (nSPS) is 17.1. The minimum absolute atomic E-state index is 0.0699. The fourth-order valence-corrected chi connectivity index (χ4v) is 5.67. The number of aromatic hydroxyl groups is 2. The van der Waals surface area contributed by atoms with Crippen molar-refractivity contribution < 1.29 is 29.3 Å². The van der Waals surface area contributed by atoms with Crippen LogP contribution in [0.15, 0.2) is 84.9 Å². The van der Waals surface area contributed by atoms with Gasteiger partial charge in [-0.05, 0) is 86.2 Å². The molecule has 3 amide bonds. The lowest BCUT2D eigenvalue weighted by molar-refractivity contribution is -0.141. The van der Waals surface area contributed by atoms with E-state index in [1.807, 2.05) is 43.3 Å². The molecule has 1 aliphatic carbocycles. The second-order valence-corrected chi connectivity index (χ2v) is 13.1. The number of para-hydroxylation sites is 1. The van der Waals surface area contributed by atoms with Crippen LogP contribution in [0.5, 0.6) is 11.5 Å². The Labute approximate surface area is 269 Å². The van der Waals surface area contributed by atoms with Crippen molar-refractivity contribution in [2.45, 2.75) is 71.2 Å². The molecule has 0 radical (unpaired) electrons. The van der Waals surface area contributed by atoms with E-state index >= 15 is 0 Å². The maximum Gasteiger partial charge on any atom is 0.408 e. The molecule has 1 fully saturated rings. The summed E-state index contributed by atoms with van der Waals surface area (Å²) >= 11 is 0. The van der Waals surface area contributed by atoms with Gasteiger partial charge in [-0.25, -0.2) is 4.79 Å². The molecule has 1 aliphatic rings. The largest absolute Gasteiger partial charge is 0.508 e. The van der Waals surface area contributed by atoms with Crippen molar-refractivity contribution in [2.75, 3.05) is 5.32 Å². The summed E-state index contributed by atoms with van der Waals surface area (Å²) in [7, 11) is 0. The van der Waals surface area contributed by atoms with E-state index in [4.69, 9.17) is 4.74 Å². The van der Waals surface area contributed by atoms with E-state index in [1.165, 1.54) is 17.0 Å². The Kier molecular flexibility index (Phi) is 9.23. The third-order valence-corrected chi connectivity index (χ3v) is 8.15. The van der Waals surface area contributed by atoms with Gasteiger partial charge in [0.15, 0.2) is 0 Å². The number of ether oxygens (including phenoxy) is 1. The van der Waals surface area contributed by atoms with Crippen LogP contribution in [0.1, 0.15) is 56.8 Å². The number of carbonyl (C=O) groups is 3. The molecule has 0 bridgehead atoms. The highest BCUT2D eigenvalue weighted by Gasteiger charge is 2.49. The number of amides is 3. The number of anilines is 1. The predicted molar refractivity (Wildman–Crippen MR) is 178 cm³/mol. The number of rotatable bonds is 9. The number of hydrogen-bond donors (Lipinski definition) is 4. The number of benzene rings is 4. The van der Waals surface area contributed by atoms with E-state index in [0.717, 1.165) is 10.8 Å². The van der Waals surface area contributed by atoms with Crippen LogP contribution >= 0.6 is 0 Å². The number of hydrogen-bond acceptors (Lipinski definition) is 6. The van der Waals surface area contributed by atoms with Crippen LogP contribution in [-0.4, -0.2) is 50.7 Å². The average molecular weight is 624 g/mol. The van der Waals surface area contributed by atoms with Crippen molar-refractivity contribution in [2.24, 2.45) is 5.92 Å². The topological polar surface area (TPSA) is 128 Å². The Morgan fingerprint density at radius 1 is 0.935 bits per heavy atom. The molecule has 4 unspecified atom stereocenters. The Hall–Kier alpha value is -5.05. The summed E-state index contributed by atoms with van der Waals surface area (Å²) in [5.74, 6) is -0.914. The summed E-state index contributed by atoms with van der Waals surface area (Å²) in [6, 6.07) is 22.2. The highest BCUT2D eigenvalue weighted by Crippen LogP contribution is 2.43. The second kappa shape index (κ2) is 13.1. The molecule has 9 heteroatoms. The number of carbonyl (C=O) groups excluding carboxylic acids is 3. The van der Waals surface area contributed by atoms with Gasteiger partial charge in [0.2, 0.25) is 5.91 Å². The van der Waals surface area contributed by atoms with E-state index in [9.17, 15) is 24.6 Å². The molecule has 4 aromatic rings. The fourth-order valence-electron chi connectivity index (χ4n) is 5.67. The van der Waals surface area contributed by atoms with Crippen molar-refractivity contribution in [1.82, 2.24) is 10.2 Å². The van der Waals surface area contributed by atoms with Gasteiger partial charge in [-0.15, -0.1) is 0 Å². The quantitative estimate of drug-likeness (QED) is 0.166. The summed E-state index contributed by atoms with van der Waals surface area (Å²) < 4.78 is 5.51. The zero-order valence-electron chi connectivity index (χ0n) is 26.8. The summed E-state index contributed by atoms with van der Waals surface area (Å²) in [5, 5.41) is 28.8. The maximum absolute atomic E-state index is 14.7. The van der Waals surface area contributed by atoms with Gasteiger partial charge in [0, 0.05) is 23.7 Å². The first-order valence-electron chi connectivity index (χ1n) is 15.5. The maximum atomic E-state index is 14.7. The highest BCUT2D eigenvalue weighted by atomic mass is 16.6. The van der Waals surface area contributed by atoms with Gasteiger partial charge in [0.1, 0.15) is 29.2 Å². The van der Waals surface area contributed by atoms with Gasteiger partial charge in [-0.2, -0.15) is 0 Å². The van der Waals surface area contributed by atoms with Gasteiger partial charge in [0.25, 0.3) is 5.91 Å².